The fourth-order valence-electron chi connectivity index (χ4n) is 4.08. The van der Waals surface area contributed by atoms with E-state index >= 15 is 0 Å². The summed E-state index contributed by atoms with van der Waals surface area (Å²) in [7, 11) is 3.86. The second-order valence-corrected chi connectivity index (χ2v) is 9.96. The van der Waals surface area contributed by atoms with Gasteiger partial charge < -0.3 is 20.3 Å². The van der Waals surface area contributed by atoms with Gasteiger partial charge in [0.2, 0.25) is 5.91 Å². The molecule has 0 unspecified atom stereocenters. The lowest BCUT2D eigenvalue weighted by Gasteiger charge is -2.24. The first-order chi connectivity index (χ1) is 17.3. The lowest BCUT2D eigenvalue weighted by Crippen LogP contribution is -2.47. The summed E-state index contributed by atoms with van der Waals surface area (Å²) in [4.78, 5) is 42.7. The normalized spacial score (nSPS) is 17.2. The van der Waals surface area contributed by atoms with Crippen LogP contribution in [0.1, 0.15) is 32.5 Å². The Hall–Kier alpha value is -3.69. The predicted molar refractivity (Wildman–Crippen MR) is 140 cm³/mol. The van der Waals surface area contributed by atoms with Gasteiger partial charge in [-0.15, -0.1) is 11.3 Å². The number of nitrogens with zero attached hydrogens (tertiary/aromatic N) is 2. The van der Waals surface area contributed by atoms with Crippen LogP contribution >= 0.6 is 11.3 Å². The minimum atomic E-state index is -0.827. The largest absolute Gasteiger partial charge is 0.438 e. The standard InChI is InChI=1S/C27H30N4O4S/c1-18-6-4-7-19(16-18)17-31-23(26(33)28-13-14-30(2)3)24(35-27(31)34)20-9-11-21(12-10-20)29-25(32)22-8-5-15-36-22/h4-12,15-16,23-24H,13-14,17H2,1-3H3,(H,28,33)(H,29,32)/t23-,24-/m0/s1. The topological polar surface area (TPSA) is 91.0 Å². The molecule has 0 saturated carbocycles. The Bertz CT molecular complexity index is 1210. The van der Waals surface area contributed by atoms with Gasteiger partial charge in [0.1, 0.15) is 0 Å². The van der Waals surface area contributed by atoms with Crippen LogP contribution in [-0.2, 0) is 16.1 Å². The molecule has 0 radical (unpaired) electrons. The van der Waals surface area contributed by atoms with Crippen molar-refractivity contribution >= 4 is 34.9 Å². The van der Waals surface area contributed by atoms with Gasteiger partial charge in [0.25, 0.3) is 5.91 Å². The zero-order chi connectivity index (χ0) is 25.7. The molecule has 2 N–H and O–H groups in total. The third kappa shape index (κ3) is 6.10. The van der Waals surface area contributed by atoms with Gasteiger partial charge in [-0.25, -0.2) is 4.79 Å². The fraction of sp³-hybridized carbons (Fsp3) is 0.296. The van der Waals surface area contributed by atoms with Crippen LogP contribution in [0.3, 0.4) is 0 Å². The van der Waals surface area contributed by atoms with Crippen LogP contribution in [0.2, 0.25) is 0 Å². The monoisotopic (exact) mass is 506 g/mol. The highest BCUT2D eigenvalue weighted by atomic mass is 32.1. The molecule has 188 valence electrons. The molecule has 1 aliphatic rings. The molecule has 9 heteroatoms. The second kappa shape index (κ2) is 11.4. The molecule has 1 aromatic heterocycles. The van der Waals surface area contributed by atoms with Gasteiger partial charge in [0, 0.05) is 18.8 Å². The number of benzene rings is 2. The Balaban J connectivity index is 1.54. The van der Waals surface area contributed by atoms with Gasteiger partial charge in [0.15, 0.2) is 12.1 Å². The van der Waals surface area contributed by atoms with Crippen molar-refractivity contribution in [2.24, 2.45) is 0 Å². The van der Waals surface area contributed by atoms with E-state index in [-0.39, 0.29) is 18.4 Å². The summed E-state index contributed by atoms with van der Waals surface area (Å²) >= 11 is 1.36. The lowest BCUT2D eigenvalue weighted by atomic mass is 10.00. The highest BCUT2D eigenvalue weighted by Gasteiger charge is 2.46. The van der Waals surface area contributed by atoms with E-state index in [1.165, 1.54) is 16.2 Å². The molecule has 0 aliphatic carbocycles. The van der Waals surface area contributed by atoms with Gasteiger partial charge in [-0.05, 0) is 55.7 Å². The number of nitrogens with one attached hydrogen (secondary N) is 2. The van der Waals surface area contributed by atoms with Crippen LogP contribution in [0.5, 0.6) is 0 Å². The van der Waals surface area contributed by atoms with E-state index in [4.69, 9.17) is 4.74 Å². The van der Waals surface area contributed by atoms with Crippen molar-refractivity contribution in [3.63, 3.8) is 0 Å². The van der Waals surface area contributed by atoms with Crippen molar-refractivity contribution in [1.82, 2.24) is 15.1 Å². The molecule has 36 heavy (non-hydrogen) atoms. The highest BCUT2D eigenvalue weighted by molar-refractivity contribution is 7.12. The molecule has 2 atom stereocenters. The SMILES string of the molecule is Cc1cccc(CN2C(=O)O[C@@H](c3ccc(NC(=O)c4cccs4)cc3)[C@H]2C(=O)NCCN(C)C)c1. The zero-order valence-electron chi connectivity index (χ0n) is 20.6. The molecular formula is C27H30N4O4S. The van der Waals surface area contributed by atoms with Gasteiger partial charge in [-0.3, -0.25) is 14.5 Å². The minimum Gasteiger partial charge on any atom is -0.438 e. The highest BCUT2D eigenvalue weighted by Crippen LogP contribution is 2.34. The Morgan fingerprint density at radius 2 is 1.86 bits per heavy atom. The first-order valence-electron chi connectivity index (χ1n) is 11.7. The van der Waals surface area contributed by atoms with E-state index < -0.39 is 18.2 Å². The molecule has 1 fully saturated rings. The van der Waals surface area contributed by atoms with Gasteiger partial charge in [-0.1, -0.05) is 48.0 Å². The summed E-state index contributed by atoms with van der Waals surface area (Å²) < 4.78 is 5.73. The smallest absolute Gasteiger partial charge is 0.411 e. The molecule has 1 aliphatic heterocycles. The van der Waals surface area contributed by atoms with E-state index in [9.17, 15) is 14.4 Å². The number of amides is 3. The molecule has 3 aromatic rings. The van der Waals surface area contributed by atoms with Crippen LogP contribution in [0.4, 0.5) is 10.5 Å². The number of likely N-dealkylation sites (N-methyl/N-ethyl adjacent to an activating group) is 1. The third-order valence-electron chi connectivity index (χ3n) is 5.89. The zero-order valence-corrected chi connectivity index (χ0v) is 21.4. The average Bonchev–Trinajstić information content (AvgIpc) is 3.48. The van der Waals surface area contributed by atoms with Crippen LogP contribution < -0.4 is 10.6 Å². The number of hydrogen-bond acceptors (Lipinski definition) is 6. The molecule has 0 spiro atoms. The quantitative estimate of drug-likeness (QED) is 0.457. The number of cyclic esters (lactones) is 1. The van der Waals surface area contributed by atoms with E-state index in [1.807, 2.05) is 61.6 Å². The van der Waals surface area contributed by atoms with Crippen LogP contribution in [0, 0.1) is 6.92 Å². The van der Waals surface area contributed by atoms with Crippen molar-refractivity contribution in [3.05, 3.63) is 87.6 Å². The second-order valence-electron chi connectivity index (χ2n) is 9.01. The molecule has 3 amide bonds. The number of carbonyl (C=O) groups is 3. The van der Waals surface area contributed by atoms with E-state index in [0.717, 1.165) is 11.1 Å². The van der Waals surface area contributed by atoms with Crippen LogP contribution in [-0.4, -0.2) is 60.9 Å². The predicted octanol–water partition coefficient (Wildman–Crippen LogP) is 4.05. The Morgan fingerprint density at radius 3 is 2.53 bits per heavy atom. The molecule has 2 aromatic carbocycles. The summed E-state index contributed by atoms with van der Waals surface area (Å²) in [5, 5.41) is 7.65. The summed E-state index contributed by atoms with van der Waals surface area (Å²) in [5.74, 6) is -0.456. The molecular weight excluding hydrogens is 476 g/mol. The van der Waals surface area contributed by atoms with Crippen molar-refractivity contribution in [2.45, 2.75) is 25.6 Å². The number of anilines is 1. The number of ether oxygens (including phenoxy) is 1. The van der Waals surface area contributed by atoms with Gasteiger partial charge in [-0.2, -0.15) is 0 Å². The number of rotatable bonds is 9. The first kappa shape index (κ1) is 25.4. The molecule has 2 heterocycles. The van der Waals surface area contributed by atoms with Gasteiger partial charge in [0.05, 0.1) is 11.4 Å². The van der Waals surface area contributed by atoms with E-state index in [0.29, 0.717) is 29.2 Å². The number of thiophene rings is 1. The summed E-state index contributed by atoms with van der Waals surface area (Å²) in [5.41, 5.74) is 3.29. The molecule has 0 bridgehead atoms. The number of aryl methyl sites for hydroxylation is 1. The van der Waals surface area contributed by atoms with Crippen molar-refractivity contribution in [2.75, 3.05) is 32.5 Å². The molecule has 1 saturated heterocycles. The number of carbonyl (C=O) groups excluding carboxylic acids is 3. The minimum absolute atomic E-state index is 0.187. The lowest BCUT2D eigenvalue weighted by molar-refractivity contribution is -0.126. The number of hydrogen-bond donors (Lipinski definition) is 2. The van der Waals surface area contributed by atoms with Crippen molar-refractivity contribution < 1.29 is 19.1 Å². The Labute approximate surface area is 214 Å². The molecule has 8 nitrogen and oxygen atoms in total. The maximum atomic E-state index is 13.3. The molecule has 4 rings (SSSR count). The Kier molecular flexibility index (Phi) is 8.02. The average molecular weight is 507 g/mol. The maximum absolute atomic E-state index is 13.3. The van der Waals surface area contributed by atoms with Crippen LogP contribution in [0.25, 0.3) is 0 Å². The van der Waals surface area contributed by atoms with Crippen LogP contribution in [0.15, 0.2) is 66.0 Å². The van der Waals surface area contributed by atoms with Gasteiger partial charge >= 0.3 is 6.09 Å². The van der Waals surface area contributed by atoms with E-state index in [1.54, 1.807) is 30.3 Å². The van der Waals surface area contributed by atoms with Crippen molar-refractivity contribution in [1.29, 1.82) is 0 Å². The maximum Gasteiger partial charge on any atom is 0.411 e. The Morgan fingerprint density at radius 1 is 1.08 bits per heavy atom. The van der Waals surface area contributed by atoms with E-state index in [2.05, 4.69) is 10.6 Å². The first-order valence-corrected chi connectivity index (χ1v) is 12.6. The van der Waals surface area contributed by atoms with Crippen molar-refractivity contribution in [3.8, 4) is 0 Å². The summed E-state index contributed by atoms with van der Waals surface area (Å²) in [6.07, 6.45) is -1.31. The fourth-order valence-corrected chi connectivity index (χ4v) is 4.70. The summed E-state index contributed by atoms with van der Waals surface area (Å²) in [6, 6.07) is 17.6. The third-order valence-corrected chi connectivity index (χ3v) is 6.76. The summed E-state index contributed by atoms with van der Waals surface area (Å²) in [6.45, 7) is 3.38.